The minimum Gasteiger partial charge on any atom is -0.507 e. The highest BCUT2D eigenvalue weighted by molar-refractivity contribution is 9.10. The number of benzene rings is 2. The Hall–Kier alpha value is -3.59. The first kappa shape index (κ1) is 20.7. The van der Waals surface area contributed by atoms with Crippen LogP contribution >= 0.6 is 15.9 Å². The number of halogens is 1. The van der Waals surface area contributed by atoms with Crippen LogP contribution in [0.5, 0.6) is 5.75 Å². The fourth-order valence-electron chi connectivity index (χ4n) is 3.25. The van der Waals surface area contributed by atoms with Crippen LogP contribution in [0.15, 0.2) is 65.3 Å². The molecule has 0 spiro atoms. The summed E-state index contributed by atoms with van der Waals surface area (Å²) in [7, 11) is 1.78. The maximum Gasteiger partial charge on any atom is 0.253 e. The zero-order valence-electron chi connectivity index (χ0n) is 16.8. The van der Waals surface area contributed by atoms with Crippen LogP contribution in [-0.4, -0.2) is 45.7 Å². The molecule has 2 heterocycles. The van der Waals surface area contributed by atoms with Crippen LogP contribution < -0.4 is 16.0 Å². The van der Waals surface area contributed by atoms with Crippen LogP contribution in [0.1, 0.15) is 10.4 Å². The van der Waals surface area contributed by atoms with Gasteiger partial charge in [0.05, 0.1) is 21.9 Å². The Morgan fingerprint density at radius 1 is 1.13 bits per heavy atom. The lowest BCUT2D eigenvalue weighted by atomic mass is 10.1. The lowest BCUT2D eigenvalue weighted by Gasteiger charge is -2.13. The number of phenolic OH excluding ortho intramolecular Hbond substituents is 1. The molecule has 0 bridgehead atoms. The van der Waals surface area contributed by atoms with Crippen molar-refractivity contribution < 1.29 is 9.90 Å². The molecule has 0 radical (unpaired) electrons. The van der Waals surface area contributed by atoms with Gasteiger partial charge in [0.2, 0.25) is 0 Å². The first-order valence-electron chi connectivity index (χ1n) is 9.70. The van der Waals surface area contributed by atoms with E-state index in [1.54, 1.807) is 36.0 Å². The minimum atomic E-state index is -0.150. The van der Waals surface area contributed by atoms with Gasteiger partial charge >= 0.3 is 0 Å². The number of aromatic hydroxyl groups is 1. The lowest BCUT2D eigenvalue weighted by Crippen LogP contribution is -2.29. The van der Waals surface area contributed by atoms with E-state index in [2.05, 4.69) is 42.0 Å². The van der Waals surface area contributed by atoms with Crippen molar-refractivity contribution in [3.8, 4) is 17.0 Å². The van der Waals surface area contributed by atoms with Crippen LogP contribution in [0.4, 0.5) is 11.5 Å². The highest BCUT2D eigenvalue weighted by Gasteiger charge is 2.14. The molecule has 0 fully saturated rings. The van der Waals surface area contributed by atoms with Gasteiger partial charge in [0.25, 0.3) is 5.91 Å². The molecule has 4 aromatic rings. The van der Waals surface area contributed by atoms with Gasteiger partial charge in [-0.3, -0.25) is 4.79 Å². The molecule has 0 atom stereocenters. The van der Waals surface area contributed by atoms with E-state index in [0.29, 0.717) is 41.4 Å². The van der Waals surface area contributed by atoms with Crippen LogP contribution in [0.25, 0.3) is 16.9 Å². The Kier molecular flexibility index (Phi) is 6.03. The third-order valence-corrected chi connectivity index (χ3v) is 5.33. The number of rotatable bonds is 7. The Labute approximate surface area is 187 Å². The SMILES string of the molecule is CNc1ccccc1C(=O)NCCNc1cc(-c2ccccc2O)nc2c(Br)cnn12. The third-order valence-electron chi connectivity index (χ3n) is 4.77. The van der Waals surface area contributed by atoms with Crippen molar-refractivity contribution >= 4 is 39.0 Å². The Bertz CT molecular complexity index is 1240. The van der Waals surface area contributed by atoms with E-state index in [1.165, 1.54) is 0 Å². The van der Waals surface area contributed by atoms with Gasteiger partial charge < -0.3 is 21.1 Å². The van der Waals surface area contributed by atoms with Gasteiger partial charge in [-0.15, -0.1) is 0 Å². The molecular formula is C22H21BrN6O2. The van der Waals surface area contributed by atoms with Crippen molar-refractivity contribution in [2.45, 2.75) is 0 Å². The van der Waals surface area contributed by atoms with Crippen LogP contribution in [0.3, 0.4) is 0 Å². The molecule has 9 heteroatoms. The summed E-state index contributed by atoms with van der Waals surface area (Å²) in [5, 5.41) is 23.8. The Morgan fingerprint density at radius 3 is 2.71 bits per heavy atom. The largest absolute Gasteiger partial charge is 0.507 e. The van der Waals surface area contributed by atoms with Crippen LogP contribution in [0.2, 0.25) is 0 Å². The van der Waals surface area contributed by atoms with Crippen LogP contribution in [-0.2, 0) is 0 Å². The highest BCUT2D eigenvalue weighted by Crippen LogP contribution is 2.30. The zero-order chi connectivity index (χ0) is 21.8. The average Bonchev–Trinajstić information content (AvgIpc) is 3.17. The van der Waals surface area contributed by atoms with E-state index < -0.39 is 0 Å². The fourth-order valence-corrected chi connectivity index (χ4v) is 3.60. The van der Waals surface area contributed by atoms with E-state index in [0.717, 1.165) is 10.2 Å². The number of para-hydroxylation sites is 2. The predicted molar refractivity (Wildman–Crippen MR) is 125 cm³/mol. The van der Waals surface area contributed by atoms with E-state index in [-0.39, 0.29) is 11.7 Å². The maximum atomic E-state index is 12.5. The number of carbonyl (C=O) groups is 1. The van der Waals surface area contributed by atoms with Crippen molar-refractivity contribution in [2.75, 3.05) is 30.8 Å². The molecule has 0 unspecified atom stereocenters. The molecule has 1 amide bonds. The fraction of sp³-hybridized carbons (Fsp3) is 0.136. The number of aromatic nitrogens is 3. The smallest absolute Gasteiger partial charge is 0.253 e. The van der Waals surface area contributed by atoms with E-state index in [9.17, 15) is 9.90 Å². The third kappa shape index (κ3) is 4.31. The summed E-state index contributed by atoms with van der Waals surface area (Å²) >= 11 is 3.47. The molecule has 4 N–H and O–H groups in total. The molecule has 8 nitrogen and oxygen atoms in total. The molecule has 0 aliphatic rings. The molecule has 0 saturated heterocycles. The van der Waals surface area contributed by atoms with Gasteiger partial charge in [-0.1, -0.05) is 24.3 Å². The second-order valence-corrected chi connectivity index (χ2v) is 7.60. The molecule has 0 aliphatic heterocycles. The molecule has 0 saturated carbocycles. The number of hydrogen-bond donors (Lipinski definition) is 4. The summed E-state index contributed by atoms with van der Waals surface area (Å²) in [5.74, 6) is 0.693. The molecule has 2 aromatic carbocycles. The number of nitrogens with one attached hydrogen (secondary N) is 3. The molecule has 31 heavy (non-hydrogen) atoms. The minimum absolute atomic E-state index is 0.149. The summed E-state index contributed by atoms with van der Waals surface area (Å²) in [6.07, 6.45) is 1.67. The quantitative estimate of drug-likeness (QED) is 0.300. The number of carbonyl (C=O) groups excluding carboxylic acids is 1. The van der Waals surface area contributed by atoms with E-state index in [1.807, 2.05) is 36.4 Å². The summed E-state index contributed by atoms with van der Waals surface area (Å²) in [4.78, 5) is 17.1. The second kappa shape index (κ2) is 9.05. The summed E-state index contributed by atoms with van der Waals surface area (Å²) in [5.41, 5.74) is 3.22. The van der Waals surface area contributed by atoms with E-state index >= 15 is 0 Å². The second-order valence-electron chi connectivity index (χ2n) is 6.75. The normalized spacial score (nSPS) is 10.8. The Balaban J connectivity index is 1.51. The van der Waals surface area contributed by atoms with Gasteiger partial charge in [-0.2, -0.15) is 9.61 Å². The number of amides is 1. The summed E-state index contributed by atoms with van der Waals surface area (Å²) < 4.78 is 2.41. The van der Waals surface area contributed by atoms with Crippen LogP contribution in [0, 0.1) is 0 Å². The van der Waals surface area contributed by atoms with Crippen molar-refractivity contribution in [3.63, 3.8) is 0 Å². The van der Waals surface area contributed by atoms with Gasteiger partial charge in [0.15, 0.2) is 5.65 Å². The van der Waals surface area contributed by atoms with Gasteiger partial charge in [-0.25, -0.2) is 4.98 Å². The molecule has 4 rings (SSSR count). The van der Waals surface area contributed by atoms with Crippen molar-refractivity contribution in [1.82, 2.24) is 19.9 Å². The number of fused-ring (bicyclic) bond motifs is 1. The van der Waals surface area contributed by atoms with Crippen molar-refractivity contribution in [1.29, 1.82) is 0 Å². The first-order valence-corrected chi connectivity index (χ1v) is 10.5. The molecule has 158 valence electrons. The number of phenols is 1. The van der Waals surface area contributed by atoms with Crippen molar-refractivity contribution in [2.24, 2.45) is 0 Å². The topological polar surface area (TPSA) is 104 Å². The standard InChI is InChI=1S/C22H21BrN6O2/c1-24-17-8-4-2-7-15(17)22(31)26-11-10-25-20-12-18(14-6-3-5-9-19(14)30)28-21-16(23)13-27-29(20)21/h2-9,12-13,24-25,30H,10-11H2,1H3,(H,26,31). The number of hydrogen-bond acceptors (Lipinski definition) is 6. The van der Waals surface area contributed by atoms with E-state index in [4.69, 9.17) is 0 Å². The predicted octanol–water partition coefficient (Wildman–Crippen LogP) is 3.75. The highest BCUT2D eigenvalue weighted by atomic mass is 79.9. The van der Waals surface area contributed by atoms with Gasteiger partial charge in [-0.05, 0) is 40.2 Å². The van der Waals surface area contributed by atoms with Gasteiger partial charge in [0.1, 0.15) is 11.6 Å². The summed E-state index contributed by atoms with van der Waals surface area (Å²) in [6.45, 7) is 0.888. The number of anilines is 2. The molecule has 2 aromatic heterocycles. The zero-order valence-corrected chi connectivity index (χ0v) is 18.3. The molecule has 0 aliphatic carbocycles. The van der Waals surface area contributed by atoms with Gasteiger partial charge in [0, 0.05) is 37.5 Å². The van der Waals surface area contributed by atoms with Crippen molar-refractivity contribution in [3.05, 3.63) is 70.8 Å². The summed E-state index contributed by atoms with van der Waals surface area (Å²) in [6, 6.07) is 16.2. The average molecular weight is 481 g/mol. The molecular weight excluding hydrogens is 460 g/mol. The Morgan fingerprint density at radius 2 is 1.90 bits per heavy atom. The number of nitrogens with zero attached hydrogens (tertiary/aromatic N) is 3. The first-order chi connectivity index (χ1) is 15.1. The lowest BCUT2D eigenvalue weighted by molar-refractivity contribution is 0.0956. The monoisotopic (exact) mass is 480 g/mol. The maximum absolute atomic E-state index is 12.5.